The lowest BCUT2D eigenvalue weighted by atomic mass is 10.2. The Morgan fingerprint density at radius 1 is 1.25 bits per heavy atom. The lowest BCUT2D eigenvalue weighted by Crippen LogP contribution is -2.32. The van der Waals surface area contributed by atoms with Crippen molar-refractivity contribution in [1.29, 1.82) is 0 Å². The van der Waals surface area contributed by atoms with E-state index in [0.717, 1.165) is 18.2 Å². The molecule has 0 heterocycles. The molecule has 0 aliphatic heterocycles. The van der Waals surface area contributed by atoms with Crippen molar-refractivity contribution >= 4 is 6.09 Å². The Kier molecular flexibility index (Phi) is 5.51. The van der Waals surface area contributed by atoms with E-state index in [1.165, 1.54) is 0 Å². The van der Waals surface area contributed by atoms with Crippen molar-refractivity contribution in [3.8, 4) is 11.8 Å². The van der Waals surface area contributed by atoms with Crippen molar-refractivity contribution in [1.82, 2.24) is 5.32 Å². The first-order valence-corrected chi connectivity index (χ1v) is 6.18. The first kappa shape index (κ1) is 16.0. The molecule has 0 bridgehead atoms. The number of alkyl carbamates (subject to hydrolysis) is 1. The van der Waals surface area contributed by atoms with Crippen LogP contribution >= 0.6 is 0 Å². The van der Waals surface area contributed by atoms with Crippen LogP contribution in [0.25, 0.3) is 0 Å². The highest BCUT2D eigenvalue weighted by atomic mass is 19.1. The van der Waals surface area contributed by atoms with Gasteiger partial charge in [0, 0.05) is 24.6 Å². The van der Waals surface area contributed by atoms with E-state index in [1.807, 2.05) is 0 Å². The number of benzene rings is 1. The van der Waals surface area contributed by atoms with E-state index in [-0.39, 0.29) is 5.56 Å². The average molecular weight is 281 g/mol. The Morgan fingerprint density at radius 2 is 1.85 bits per heavy atom. The minimum atomic E-state index is -0.666. The number of nitrogens with one attached hydrogen (secondary N) is 1. The second-order valence-electron chi connectivity index (χ2n) is 5.14. The zero-order valence-corrected chi connectivity index (χ0v) is 11.7. The molecule has 0 spiro atoms. The lowest BCUT2D eigenvalue weighted by Gasteiger charge is -2.19. The Morgan fingerprint density at radius 3 is 2.40 bits per heavy atom. The van der Waals surface area contributed by atoms with Gasteiger partial charge in [-0.15, -0.1) is 0 Å². The fourth-order valence-corrected chi connectivity index (χ4v) is 1.33. The highest BCUT2D eigenvalue weighted by molar-refractivity contribution is 5.67. The zero-order valence-electron chi connectivity index (χ0n) is 11.7. The van der Waals surface area contributed by atoms with Crippen LogP contribution in [0, 0.1) is 23.5 Å². The van der Waals surface area contributed by atoms with Gasteiger partial charge < -0.3 is 10.1 Å². The number of hydrogen-bond donors (Lipinski definition) is 1. The average Bonchev–Trinajstić information content (AvgIpc) is 2.24. The van der Waals surface area contributed by atoms with Gasteiger partial charge in [-0.1, -0.05) is 11.8 Å². The highest BCUT2D eigenvalue weighted by Crippen LogP contribution is 2.07. The summed E-state index contributed by atoms with van der Waals surface area (Å²) in [4.78, 5) is 11.3. The Bertz CT molecular complexity index is 519. The summed E-state index contributed by atoms with van der Waals surface area (Å²) in [6.07, 6.45) is -0.159. The zero-order chi connectivity index (χ0) is 15.2. The maximum atomic E-state index is 12.9. The number of rotatable bonds is 2. The van der Waals surface area contributed by atoms with Gasteiger partial charge in [0.25, 0.3) is 0 Å². The second kappa shape index (κ2) is 6.90. The van der Waals surface area contributed by atoms with Crippen molar-refractivity contribution in [2.75, 3.05) is 6.54 Å². The van der Waals surface area contributed by atoms with Crippen LogP contribution < -0.4 is 5.32 Å². The monoisotopic (exact) mass is 281 g/mol. The molecule has 0 saturated heterocycles. The van der Waals surface area contributed by atoms with Crippen molar-refractivity contribution in [3.05, 3.63) is 35.4 Å². The van der Waals surface area contributed by atoms with Crippen LogP contribution in [0.4, 0.5) is 13.6 Å². The molecule has 0 aromatic heterocycles. The Hall–Kier alpha value is -2.09. The molecular weight excluding hydrogens is 264 g/mol. The summed E-state index contributed by atoms with van der Waals surface area (Å²) in [6.45, 7) is 5.61. The molecule has 0 fully saturated rings. The molecule has 0 unspecified atom stereocenters. The van der Waals surface area contributed by atoms with Crippen LogP contribution in [-0.4, -0.2) is 18.2 Å². The number of carbonyl (C=O) groups is 1. The van der Waals surface area contributed by atoms with Crippen LogP contribution in [0.1, 0.15) is 32.8 Å². The SMILES string of the molecule is CC(C)(C)OC(=O)NCCC#Cc1cc(F)cc(F)c1. The van der Waals surface area contributed by atoms with Gasteiger partial charge in [-0.25, -0.2) is 13.6 Å². The number of hydrogen-bond acceptors (Lipinski definition) is 2. The molecule has 108 valence electrons. The predicted molar refractivity (Wildman–Crippen MR) is 72.1 cm³/mol. The summed E-state index contributed by atoms with van der Waals surface area (Å²) < 4.78 is 30.8. The van der Waals surface area contributed by atoms with Gasteiger partial charge in [0.15, 0.2) is 0 Å². The molecular formula is C15H17F2NO2. The van der Waals surface area contributed by atoms with Crippen molar-refractivity contribution in [2.45, 2.75) is 32.8 Å². The van der Waals surface area contributed by atoms with Gasteiger partial charge in [-0.05, 0) is 32.9 Å². The lowest BCUT2D eigenvalue weighted by molar-refractivity contribution is 0.0529. The van der Waals surface area contributed by atoms with Gasteiger partial charge in [0.2, 0.25) is 0 Å². The summed E-state index contributed by atoms with van der Waals surface area (Å²) in [7, 11) is 0. The molecule has 1 aromatic carbocycles. The van der Waals surface area contributed by atoms with E-state index in [0.29, 0.717) is 13.0 Å². The highest BCUT2D eigenvalue weighted by Gasteiger charge is 2.15. The van der Waals surface area contributed by atoms with Gasteiger partial charge in [0.05, 0.1) is 0 Å². The summed E-state index contributed by atoms with van der Waals surface area (Å²) in [5.41, 5.74) is -0.283. The summed E-state index contributed by atoms with van der Waals surface area (Å²) >= 11 is 0. The fraction of sp³-hybridized carbons (Fsp3) is 0.400. The maximum absolute atomic E-state index is 12.9. The third-order valence-corrected chi connectivity index (χ3v) is 2.01. The topological polar surface area (TPSA) is 38.3 Å². The molecule has 20 heavy (non-hydrogen) atoms. The van der Waals surface area contributed by atoms with Crippen molar-refractivity contribution in [3.63, 3.8) is 0 Å². The second-order valence-corrected chi connectivity index (χ2v) is 5.14. The predicted octanol–water partition coefficient (Wildman–Crippen LogP) is 3.23. The smallest absolute Gasteiger partial charge is 0.407 e. The molecule has 0 aliphatic carbocycles. The quantitative estimate of drug-likeness (QED) is 0.667. The minimum absolute atomic E-state index is 0.264. The molecule has 1 aromatic rings. The van der Waals surface area contributed by atoms with Crippen LogP contribution in [0.15, 0.2) is 18.2 Å². The maximum Gasteiger partial charge on any atom is 0.407 e. The number of amides is 1. The summed E-state index contributed by atoms with van der Waals surface area (Å²) in [5, 5.41) is 2.54. The molecule has 1 rings (SSSR count). The standard InChI is InChI=1S/C15H17F2NO2/c1-15(2,3)20-14(19)18-7-5-4-6-11-8-12(16)10-13(17)9-11/h8-10H,5,7H2,1-3H3,(H,18,19). The van der Waals surface area contributed by atoms with Gasteiger partial charge in [-0.2, -0.15) is 0 Å². The van der Waals surface area contributed by atoms with Gasteiger partial charge in [0.1, 0.15) is 17.2 Å². The van der Waals surface area contributed by atoms with E-state index in [9.17, 15) is 13.6 Å². The van der Waals surface area contributed by atoms with E-state index in [1.54, 1.807) is 20.8 Å². The summed E-state index contributed by atoms with van der Waals surface area (Å²) in [5.74, 6) is 4.02. The van der Waals surface area contributed by atoms with Crippen LogP contribution in [0.5, 0.6) is 0 Å². The number of carbonyl (C=O) groups excluding carboxylic acids is 1. The van der Waals surface area contributed by atoms with Crippen molar-refractivity contribution < 1.29 is 18.3 Å². The molecule has 0 atom stereocenters. The third-order valence-electron chi connectivity index (χ3n) is 2.01. The molecule has 3 nitrogen and oxygen atoms in total. The number of halogens is 2. The molecule has 0 radical (unpaired) electrons. The van der Waals surface area contributed by atoms with Crippen LogP contribution in [-0.2, 0) is 4.74 Å². The van der Waals surface area contributed by atoms with Crippen LogP contribution in [0.3, 0.4) is 0 Å². The first-order chi connectivity index (χ1) is 9.26. The molecule has 0 aliphatic rings. The largest absolute Gasteiger partial charge is 0.444 e. The third kappa shape index (κ3) is 6.74. The molecule has 0 saturated carbocycles. The first-order valence-electron chi connectivity index (χ1n) is 6.18. The minimum Gasteiger partial charge on any atom is -0.444 e. The summed E-state index contributed by atoms with van der Waals surface area (Å²) in [6, 6.07) is 3.09. The van der Waals surface area contributed by atoms with Crippen molar-refractivity contribution in [2.24, 2.45) is 0 Å². The van der Waals surface area contributed by atoms with E-state index in [2.05, 4.69) is 17.2 Å². The normalized spacial score (nSPS) is 10.4. The number of ether oxygens (including phenoxy) is 1. The van der Waals surface area contributed by atoms with E-state index < -0.39 is 23.3 Å². The van der Waals surface area contributed by atoms with Crippen LogP contribution in [0.2, 0.25) is 0 Å². The van der Waals surface area contributed by atoms with E-state index >= 15 is 0 Å². The molecule has 1 amide bonds. The Balaban J connectivity index is 2.38. The fourth-order valence-electron chi connectivity index (χ4n) is 1.33. The molecule has 5 heteroatoms. The van der Waals surface area contributed by atoms with Gasteiger partial charge >= 0.3 is 6.09 Å². The molecule has 1 N–H and O–H groups in total. The van der Waals surface area contributed by atoms with Gasteiger partial charge in [-0.3, -0.25) is 0 Å². The van der Waals surface area contributed by atoms with E-state index in [4.69, 9.17) is 4.74 Å². The Labute approximate surface area is 117 Å².